The van der Waals surface area contributed by atoms with Gasteiger partial charge in [-0.2, -0.15) is 0 Å². The number of hydrogen-bond acceptors (Lipinski definition) is 5. The van der Waals surface area contributed by atoms with Crippen molar-refractivity contribution in [1.29, 1.82) is 0 Å². The van der Waals surface area contributed by atoms with E-state index in [0.717, 1.165) is 34.8 Å². The van der Waals surface area contributed by atoms with Crippen LogP contribution in [0.15, 0.2) is 35.8 Å². The molecule has 32 heavy (non-hydrogen) atoms. The van der Waals surface area contributed by atoms with Gasteiger partial charge in [0.1, 0.15) is 5.75 Å². The Morgan fingerprint density at radius 3 is 2.78 bits per heavy atom. The molecule has 0 radical (unpaired) electrons. The Kier molecular flexibility index (Phi) is 6.71. The highest BCUT2D eigenvalue weighted by Gasteiger charge is 2.45. The first-order chi connectivity index (χ1) is 15.4. The molecule has 7 nitrogen and oxygen atoms in total. The van der Waals surface area contributed by atoms with Crippen LogP contribution in [0, 0.1) is 5.92 Å². The first-order valence-electron chi connectivity index (χ1n) is 10.7. The van der Waals surface area contributed by atoms with Crippen LogP contribution in [0.4, 0.5) is 0 Å². The second kappa shape index (κ2) is 9.50. The second-order valence-corrected chi connectivity index (χ2v) is 9.30. The average Bonchev–Trinajstić information content (AvgIpc) is 3.46. The van der Waals surface area contributed by atoms with Crippen LogP contribution in [0.3, 0.4) is 0 Å². The summed E-state index contributed by atoms with van der Waals surface area (Å²) >= 11 is 7.83. The van der Waals surface area contributed by atoms with E-state index in [9.17, 15) is 9.59 Å². The molecule has 0 unspecified atom stereocenters. The van der Waals surface area contributed by atoms with Crippen LogP contribution in [0.1, 0.15) is 43.5 Å². The fourth-order valence-electron chi connectivity index (χ4n) is 4.35. The molecule has 0 spiro atoms. The second-order valence-electron chi connectivity index (χ2n) is 8.07. The molecule has 9 heteroatoms. The van der Waals surface area contributed by atoms with Gasteiger partial charge in [-0.1, -0.05) is 37.1 Å². The summed E-state index contributed by atoms with van der Waals surface area (Å²) < 4.78 is 7.19. The third kappa shape index (κ3) is 4.21. The van der Waals surface area contributed by atoms with E-state index in [1.54, 1.807) is 19.1 Å². The molecule has 1 aliphatic heterocycles. The molecule has 3 heterocycles. The number of carbonyl (C=O) groups is 2. The summed E-state index contributed by atoms with van der Waals surface area (Å²) in [6.45, 7) is 3.06. The van der Waals surface area contributed by atoms with E-state index in [0.29, 0.717) is 18.2 Å². The predicted octanol–water partition coefficient (Wildman–Crippen LogP) is 4.41. The van der Waals surface area contributed by atoms with Gasteiger partial charge in [0.05, 0.1) is 31.3 Å². The number of rotatable bonds is 8. The molecule has 1 aliphatic rings. The van der Waals surface area contributed by atoms with Crippen molar-refractivity contribution in [2.24, 2.45) is 5.92 Å². The smallest absolute Gasteiger partial charge is 0.228 e. The molecule has 1 fully saturated rings. The monoisotopic (exact) mass is 474 g/mol. The third-order valence-electron chi connectivity index (χ3n) is 6.03. The number of methoxy groups -OCH3 is 1. The minimum atomic E-state index is -0.456. The third-order valence-corrected chi connectivity index (χ3v) is 7.09. The molecule has 0 bridgehead atoms. The molecule has 1 saturated heterocycles. The number of unbranched alkanes of at least 4 members (excludes halogenated alkanes) is 1. The van der Waals surface area contributed by atoms with Crippen LogP contribution in [-0.4, -0.2) is 51.7 Å². The number of thiazole rings is 1. The Morgan fingerprint density at radius 2 is 2.09 bits per heavy atom. The van der Waals surface area contributed by atoms with Crippen LogP contribution < -0.4 is 4.74 Å². The van der Waals surface area contributed by atoms with Crippen molar-refractivity contribution in [3.63, 3.8) is 0 Å². The lowest BCUT2D eigenvalue weighted by Gasteiger charge is -2.30. The number of nitrogens with zero attached hydrogens (tertiary/aromatic N) is 4. The molecule has 0 aliphatic carbocycles. The van der Waals surface area contributed by atoms with Crippen LogP contribution in [0.5, 0.6) is 5.75 Å². The number of carbonyl (C=O) groups excluding carboxylic acids is 2. The minimum Gasteiger partial charge on any atom is -0.497 e. The summed E-state index contributed by atoms with van der Waals surface area (Å²) in [5.74, 6) is 0.240. The van der Waals surface area contributed by atoms with Gasteiger partial charge in [-0.15, -0.1) is 11.3 Å². The normalized spacial score (nSPS) is 18.5. The zero-order valence-electron chi connectivity index (χ0n) is 18.5. The molecule has 1 aromatic carbocycles. The van der Waals surface area contributed by atoms with Crippen molar-refractivity contribution < 1.29 is 14.3 Å². The Morgan fingerprint density at radius 1 is 1.34 bits per heavy atom. The van der Waals surface area contributed by atoms with Crippen LogP contribution in [0.2, 0.25) is 5.15 Å². The summed E-state index contributed by atoms with van der Waals surface area (Å²) in [5.41, 5.74) is 1.72. The molecule has 2 amide bonds. The maximum absolute atomic E-state index is 13.6. The summed E-state index contributed by atoms with van der Waals surface area (Å²) in [6.07, 6.45) is 3.99. The van der Waals surface area contributed by atoms with Gasteiger partial charge in [-0.05, 0) is 24.1 Å². The molecule has 2 aromatic heterocycles. The lowest BCUT2D eigenvalue weighted by molar-refractivity contribution is -0.135. The average molecular weight is 475 g/mol. The quantitative estimate of drug-likeness (QED) is 0.485. The number of fused-ring (bicyclic) bond motifs is 1. The van der Waals surface area contributed by atoms with Crippen molar-refractivity contribution in [2.45, 2.75) is 38.8 Å². The molecule has 2 atom stereocenters. The van der Waals surface area contributed by atoms with E-state index in [2.05, 4.69) is 11.9 Å². The summed E-state index contributed by atoms with van der Waals surface area (Å²) in [6, 6.07) is 7.35. The fraction of sp³-hybridized carbons (Fsp3) is 0.435. The maximum atomic E-state index is 13.6. The van der Waals surface area contributed by atoms with Gasteiger partial charge in [-0.3, -0.25) is 14.0 Å². The van der Waals surface area contributed by atoms with Crippen molar-refractivity contribution in [1.82, 2.24) is 19.2 Å². The van der Waals surface area contributed by atoms with E-state index in [-0.39, 0.29) is 24.3 Å². The minimum absolute atomic E-state index is 0.0219. The van der Waals surface area contributed by atoms with Gasteiger partial charge < -0.3 is 14.5 Å². The van der Waals surface area contributed by atoms with Gasteiger partial charge in [-0.25, -0.2) is 4.98 Å². The number of amides is 2. The Hall–Kier alpha value is -2.58. The molecular formula is C23H27ClN4O3S. The van der Waals surface area contributed by atoms with E-state index in [1.165, 1.54) is 11.3 Å². The van der Waals surface area contributed by atoms with E-state index < -0.39 is 5.92 Å². The van der Waals surface area contributed by atoms with E-state index in [1.807, 2.05) is 45.1 Å². The molecule has 4 rings (SSSR count). The van der Waals surface area contributed by atoms with Crippen LogP contribution in [0.25, 0.3) is 4.96 Å². The highest BCUT2D eigenvalue weighted by Crippen LogP contribution is 2.40. The molecule has 170 valence electrons. The largest absolute Gasteiger partial charge is 0.497 e. The fourth-order valence-corrected chi connectivity index (χ4v) is 5.36. The van der Waals surface area contributed by atoms with Crippen molar-refractivity contribution in [3.8, 4) is 5.75 Å². The zero-order valence-corrected chi connectivity index (χ0v) is 20.0. The van der Waals surface area contributed by atoms with Crippen LogP contribution in [-0.2, 0) is 16.1 Å². The number of ether oxygens (including phenoxy) is 1. The first kappa shape index (κ1) is 22.6. The number of benzene rings is 1. The number of hydrogen-bond donors (Lipinski definition) is 0. The van der Waals surface area contributed by atoms with E-state index >= 15 is 0 Å². The number of halogens is 1. The zero-order chi connectivity index (χ0) is 22.8. The topological polar surface area (TPSA) is 67.2 Å². The predicted molar refractivity (Wildman–Crippen MR) is 125 cm³/mol. The Bertz CT molecular complexity index is 1110. The molecule has 0 saturated carbocycles. The maximum Gasteiger partial charge on any atom is 0.228 e. The van der Waals surface area contributed by atoms with Gasteiger partial charge in [0.2, 0.25) is 11.8 Å². The van der Waals surface area contributed by atoms with Gasteiger partial charge in [0.15, 0.2) is 10.1 Å². The van der Waals surface area contributed by atoms with Gasteiger partial charge in [0, 0.05) is 31.6 Å². The number of likely N-dealkylation sites (tertiary alicyclic amines) is 1. The summed E-state index contributed by atoms with van der Waals surface area (Å²) in [4.78, 5) is 35.2. The van der Waals surface area contributed by atoms with Crippen molar-refractivity contribution in [2.75, 3.05) is 20.7 Å². The Labute approximate surface area is 196 Å². The first-order valence-corrected chi connectivity index (χ1v) is 12.0. The van der Waals surface area contributed by atoms with Gasteiger partial charge >= 0.3 is 0 Å². The van der Waals surface area contributed by atoms with Crippen molar-refractivity contribution in [3.05, 3.63) is 52.3 Å². The summed E-state index contributed by atoms with van der Waals surface area (Å²) in [7, 11) is 3.38. The Balaban J connectivity index is 1.61. The number of aromatic nitrogens is 2. The molecule has 3 aromatic rings. The lowest BCUT2D eigenvalue weighted by Crippen LogP contribution is -2.37. The standard InChI is InChI=1S/C23H27ClN4O3S/c1-4-5-10-28-19(29)13-17(20(28)15-6-8-16(31-3)9-7-15)22(30)26(2)14-18-21(24)25-23-27(18)11-12-32-23/h6-9,11-12,17,20H,4-5,10,13-14H2,1-3H3/t17-,20-/m1/s1. The molecule has 0 N–H and O–H groups in total. The van der Waals surface area contributed by atoms with Crippen molar-refractivity contribution >= 4 is 39.7 Å². The SMILES string of the molecule is CCCCN1C(=O)C[C@@H](C(=O)N(C)Cc2c(Cl)nc3sccn23)[C@H]1c1ccc(OC)cc1. The molecular weight excluding hydrogens is 448 g/mol. The highest BCUT2D eigenvalue weighted by molar-refractivity contribution is 7.15. The lowest BCUT2D eigenvalue weighted by atomic mass is 9.92. The highest BCUT2D eigenvalue weighted by atomic mass is 35.5. The van der Waals surface area contributed by atoms with E-state index in [4.69, 9.17) is 16.3 Å². The van der Waals surface area contributed by atoms with Crippen LogP contribution >= 0.6 is 22.9 Å². The van der Waals surface area contributed by atoms with Gasteiger partial charge in [0.25, 0.3) is 0 Å². The summed E-state index contributed by atoms with van der Waals surface area (Å²) in [5, 5.41) is 2.33. The number of imidazole rings is 1.